The number of likely N-dealkylation sites (tertiary alicyclic amines) is 1. The maximum atomic E-state index is 13.3. The maximum absolute atomic E-state index is 13.3. The first-order valence-corrected chi connectivity index (χ1v) is 15.1. The van der Waals surface area contributed by atoms with Gasteiger partial charge < -0.3 is 20.9 Å². The number of carbonyl (C=O) groups is 3. The fourth-order valence-electron chi connectivity index (χ4n) is 7.38. The molecular formula is C32H37N9O3. The third kappa shape index (κ3) is 4.91. The fraction of sp³-hybridized carbons (Fsp3) is 0.469. The fourth-order valence-corrected chi connectivity index (χ4v) is 7.38. The SMILES string of the molecule is CNC(=O)c1ccc2c(c1)CCc1cc(C(=O)NC)ccc1C2(C[C@H](C)NCC(=O)N1[C@H](C#N)C[C@@H]2C[C@@H]21)c1nnnn1C. The van der Waals surface area contributed by atoms with Crippen LogP contribution in [0.5, 0.6) is 0 Å². The number of benzene rings is 2. The number of fused-ring (bicyclic) bond motifs is 3. The molecule has 1 saturated heterocycles. The molecule has 2 fully saturated rings. The Morgan fingerprint density at radius 3 is 2.16 bits per heavy atom. The van der Waals surface area contributed by atoms with Crippen LogP contribution in [0.2, 0.25) is 0 Å². The van der Waals surface area contributed by atoms with E-state index < -0.39 is 5.41 Å². The number of carbonyl (C=O) groups excluding carboxylic acids is 3. The molecule has 0 bridgehead atoms. The van der Waals surface area contributed by atoms with Gasteiger partial charge in [-0.1, -0.05) is 12.1 Å². The normalized spacial score (nSPS) is 21.6. The minimum absolute atomic E-state index is 0.0603. The summed E-state index contributed by atoms with van der Waals surface area (Å²) < 4.78 is 1.67. The van der Waals surface area contributed by atoms with Gasteiger partial charge in [-0.05, 0) is 102 Å². The molecular weight excluding hydrogens is 558 g/mol. The Hall–Kier alpha value is -4.63. The lowest BCUT2D eigenvalue weighted by molar-refractivity contribution is -0.131. The van der Waals surface area contributed by atoms with Crippen molar-refractivity contribution in [2.75, 3.05) is 20.6 Å². The molecule has 2 aliphatic carbocycles. The summed E-state index contributed by atoms with van der Waals surface area (Å²) >= 11 is 0. The van der Waals surface area contributed by atoms with Crippen LogP contribution in [0.3, 0.4) is 0 Å². The summed E-state index contributed by atoms with van der Waals surface area (Å²) in [5, 5.41) is 31.3. The zero-order chi connectivity index (χ0) is 31.2. The average Bonchev–Trinajstić information content (AvgIpc) is 3.54. The molecule has 228 valence electrons. The van der Waals surface area contributed by atoms with Gasteiger partial charge in [0.05, 0.1) is 18.0 Å². The number of hydrogen-bond donors (Lipinski definition) is 3. The zero-order valence-corrected chi connectivity index (χ0v) is 25.4. The molecule has 3 N–H and O–H groups in total. The molecule has 12 nitrogen and oxygen atoms in total. The number of aromatic nitrogens is 4. The first kappa shape index (κ1) is 29.4. The molecule has 3 amide bonds. The number of nitrogens with one attached hydrogen (secondary N) is 3. The van der Waals surface area contributed by atoms with Crippen LogP contribution in [0.15, 0.2) is 36.4 Å². The average molecular weight is 596 g/mol. The highest BCUT2D eigenvalue weighted by molar-refractivity contribution is 5.95. The lowest BCUT2D eigenvalue weighted by Crippen LogP contribution is -2.46. The third-order valence-corrected chi connectivity index (χ3v) is 9.53. The highest BCUT2D eigenvalue weighted by Crippen LogP contribution is 2.48. The lowest BCUT2D eigenvalue weighted by Gasteiger charge is -2.37. The lowest BCUT2D eigenvalue weighted by atomic mass is 9.67. The number of tetrazole rings is 1. The van der Waals surface area contributed by atoms with E-state index in [1.54, 1.807) is 23.7 Å². The van der Waals surface area contributed by atoms with Gasteiger partial charge in [0.2, 0.25) is 5.91 Å². The molecule has 1 aliphatic heterocycles. The highest BCUT2D eigenvalue weighted by Gasteiger charge is 2.54. The van der Waals surface area contributed by atoms with Crippen LogP contribution in [-0.4, -0.2) is 81.6 Å². The monoisotopic (exact) mass is 595 g/mol. The quantitative estimate of drug-likeness (QED) is 0.351. The second-order valence-corrected chi connectivity index (χ2v) is 12.2. The van der Waals surface area contributed by atoms with E-state index in [2.05, 4.69) is 37.5 Å². The molecule has 44 heavy (non-hydrogen) atoms. The minimum atomic E-state index is -0.873. The van der Waals surface area contributed by atoms with Crippen LogP contribution >= 0.6 is 0 Å². The summed E-state index contributed by atoms with van der Waals surface area (Å²) in [6.07, 6.45) is 3.51. The van der Waals surface area contributed by atoms with E-state index in [4.69, 9.17) is 0 Å². The van der Waals surface area contributed by atoms with Crippen molar-refractivity contribution in [3.63, 3.8) is 0 Å². The molecule has 1 saturated carbocycles. The van der Waals surface area contributed by atoms with E-state index in [0.29, 0.717) is 42.1 Å². The zero-order valence-electron chi connectivity index (χ0n) is 25.4. The summed E-state index contributed by atoms with van der Waals surface area (Å²) in [7, 11) is 5.03. The van der Waals surface area contributed by atoms with E-state index in [9.17, 15) is 19.6 Å². The van der Waals surface area contributed by atoms with Gasteiger partial charge in [0.1, 0.15) is 6.04 Å². The van der Waals surface area contributed by atoms with Crippen LogP contribution in [-0.2, 0) is 30.1 Å². The van der Waals surface area contributed by atoms with Gasteiger partial charge in [-0.25, -0.2) is 4.68 Å². The second-order valence-electron chi connectivity index (χ2n) is 12.2. The van der Waals surface area contributed by atoms with Crippen LogP contribution in [0.25, 0.3) is 0 Å². The van der Waals surface area contributed by atoms with Crippen molar-refractivity contribution in [1.82, 2.24) is 41.1 Å². The smallest absolute Gasteiger partial charge is 0.251 e. The molecule has 6 rings (SSSR count). The van der Waals surface area contributed by atoms with Gasteiger partial charge in [-0.2, -0.15) is 5.26 Å². The number of amides is 3. The molecule has 0 radical (unpaired) electrons. The number of nitriles is 1. The van der Waals surface area contributed by atoms with Crippen molar-refractivity contribution in [3.05, 3.63) is 75.6 Å². The predicted molar refractivity (Wildman–Crippen MR) is 161 cm³/mol. The van der Waals surface area contributed by atoms with E-state index in [1.807, 2.05) is 50.4 Å². The standard InChI is InChI=1S/C32H37N9O3/c1-18(36-17-28(42)41-24(16-33)13-23-14-27(23)41)15-32(31-37-38-39-40(31)4)25-9-7-21(29(43)34-2)11-19(25)5-6-20-12-22(30(44)35-3)8-10-26(20)32/h7-12,18,23-24,27,36H,5-6,13-15,17H2,1-4H3,(H,34,43)(H,35,44)/t18-,23+,24-,27-/m0/s1. The maximum Gasteiger partial charge on any atom is 0.251 e. The molecule has 2 aromatic carbocycles. The summed E-state index contributed by atoms with van der Waals surface area (Å²) in [5.74, 6) is 0.658. The Labute approximate surface area is 256 Å². The van der Waals surface area contributed by atoms with Gasteiger partial charge in [-0.15, -0.1) is 5.10 Å². The van der Waals surface area contributed by atoms with Gasteiger partial charge >= 0.3 is 0 Å². The van der Waals surface area contributed by atoms with Crippen molar-refractivity contribution >= 4 is 17.7 Å². The van der Waals surface area contributed by atoms with Crippen LogP contribution in [0.1, 0.15) is 75.0 Å². The molecule has 3 aliphatic rings. The molecule has 0 spiro atoms. The van der Waals surface area contributed by atoms with Crippen molar-refractivity contribution in [1.29, 1.82) is 5.26 Å². The second kappa shape index (κ2) is 11.5. The van der Waals surface area contributed by atoms with Crippen LogP contribution < -0.4 is 16.0 Å². The van der Waals surface area contributed by atoms with Crippen LogP contribution in [0, 0.1) is 17.2 Å². The van der Waals surface area contributed by atoms with Gasteiger partial charge in [0, 0.05) is 44.4 Å². The number of nitrogens with zero attached hydrogens (tertiary/aromatic N) is 6. The summed E-state index contributed by atoms with van der Waals surface area (Å²) in [6.45, 7) is 2.15. The Kier molecular flexibility index (Phi) is 7.67. The van der Waals surface area contributed by atoms with E-state index >= 15 is 0 Å². The predicted octanol–water partition coefficient (Wildman–Crippen LogP) is 1.24. The topological polar surface area (TPSA) is 158 Å². The van der Waals surface area contributed by atoms with Crippen molar-refractivity contribution in [2.24, 2.45) is 13.0 Å². The number of hydrogen-bond acceptors (Lipinski definition) is 8. The Morgan fingerprint density at radius 2 is 1.64 bits per heavy atom. The molecule has 1 aromatic heterocycles. The molecule has 12 heteroatoms. The van der Waals surface area contributed by atoms with Crippen molar-refractivity contribution in [2.45, 2.75) is 62.6 Å². The Morgan fingerprint density at radius 1 is 1.02 bits per heavy atom. The van der Waals surface area contributed by atoms with E-state index in [1.165, 1.54) is 0 Å². The van der Waals surface area contributed by atoms with Gasteiger partial charge in [0.15, 0.2) is 5.82 Å². The van der Waals surface area contributed by atoms with Crippen molar-refractivity contribution in [3.8, 4) is 6.07 Å². The Bertz CT molecular complexity index is 1610. The first-order valence-electron chi connectivity index (χ1n) is 15.1. The van der Waals surface area contributed by atoms with Crippen molar-refractivity contribution < 1.29 is 14.4 Å². The number of rotatable bonds is 8. The van der Waals surface area contributed by atoms with E-state index in [0.717, 1.165) is 35.1 Å². The summed E-state index contributed by atoms with van der Waals surface area (Å²) in [5.41, 5.74) is 4.16. The van der Waals surface area contributed by atoms with Gasteiger partial charge in [0.25, 0.3) is 11.8 Å². The molecule has 4 atom stereocenters. The van der Waals surface area contributed by atoms with E-state index in [-0.39, 0.29) is 42.4 Å². The minimum Gasteiger partial charge on any atom is -0.355 e. The van der Waals surface area contributed by atoms with Gasteiger partial charge in [-0.3, -0.25) is 14.4 Å². The highest BCUT2D eigenvalue weighted by atomic mass is 16.2. The summed E-state index contributed by atoms with van der Waals surface area (Å²) in [6, 6.07) is 13.4. The summed E-state index contributed by atoms with van der Waals surface area (Å²) in [4.78, 5) is 40.4. The first-order chi connectivity index (χ1) is 21.2. The third-order valence-electron chi connectivity index (χ3n) is 9.53. The molecule has 2 heterocycles. The number of piperidine rings is 1. The Balaban J connectivity index is 1.43. The van der Waals surface area contributed by atoms with Crippen LogP contribution in [0.4, 0.5) is 0 Å². The largest absolute Gasteiger partial charge is 0.355 e. The molecule has 0 unspecified atom stereocenters. The number of aryl methyl sites for hydroxylation is 3. The molecule has 3 aromatic rings.